The zero-order valence-corrected chi connectivity index (χ0v) is 42.5. The normalized spacial score (nSPS) is 12.5. The molecule has 0 atom stereocenters. The Morgan fingerprint density at radius 2 is 0.973 bits per heavy atom. The first-order chi connectivity index (χ1) is 36.1. The summed E-state index contributed by atoms with van der Waals surface area (Å²) in [5.41, 5.74) is 15.0. The van der Waals surface area contributed by atoms with Crippen molar-refractivity contribution in [2.45, 2.75) is 6.92 Å². The molecule has 0 radical (unpaired) electrons. The topological polar surface area (TPSA) is 43.4 Å². The van der Waals surface area contributed by atoms with E-state index in [4.69, 9.17) is 9.72 Å². The van der Waals surface area contributed by atoms with Crippen LogP contribution in [0.2, 0.25) is 0 Å². The SMILES string of the molecule is Cc1cc(-n2c3[c-]c(Oc4[c-]c(N5[CH-]N(C)c6c5ccc5ccccc65)ccc4)ccc3c3ccccc32)ncc1-c1c(-n2c3ccccc3c3ccccc32)cccc1-n1c2ccccc2c2ccccc21.[Pt]. The van der Waals surface area contributed by atoms with Gasteiger partial charge in [-0.25, -0.2) is 4.98 Å². The van der Waals surface area contributed by atoms with Crippen molar-refractivity contribution in [2.24, 2.45) is 0 Å². The molecule has 0 amide bonds. The van der Waals surface area contributed by atoms with Gasteiger partial charge in [-0.15, -0.1) is 41.4 Å². The van der Waals surface area contributed by atoms with Crippen molar-refractivity contribution in [3.63, 3.8) is 0 Å². The summed E-state index contributed by atoms with van der Waals surface area (Å²) in [4.78, 5) is 9.78. The maximum absolute atomic E-state index is 6.67. The van der Waals surface area contributed by atoms with E-state index in [0.29, 0.717) is 11.5 Å². The van der Waals surface area contributed by atoms with Crippen LogP contribution in [-0.4, -0.2) is 25.7 Å². The minimum absolute atomic E-state index is 0. The molecule has 10 aromatic carbocycles. The van der Waals surface area contributed by atoms with E-state index in [1.165, 1.54) is 32.3 Å². The number of aromatic nitrogens is 4. The third-order valence-electron chi connectivity index (χ3n) is 14.8. The van der Waals surface area contributed by atoms with Gasteiger partial charge in [0, 0.05) is 93.7 Å². The van der Waals surface area contributed by atoms with Crippen LogP contribution in [0.5, 0.6) is 11.5 Å². The minimum atomic E-state index is 0. The van der Waals surface area contributed by atoms with Crippen LogP contribution in [0.4, 0.5) is 17.1 Å². The van der Waals surface area contributed by atoms with Gasteiger partial charge in [-0.3, -0.25) is 0 Å². The van der Waals surface area contributed by atoms with Crippen LogP contribution in [-0.2, 0) is 21.1 Å². The number of ether oxygens (including phenoxy) is 1. The van der Waals surface area contributed by atoms with Gasteiger partial charge in [0.05, 0.1) is 33.4 Å². The number of aryl methyl sites for hydroxylation is 1. The smallest absolute Gasteiger partial charge is 0.135 e. The summed E-state index contributed by atoms with van der Waals surface area (Å²) in [5.74, 6) is 1.98. The van der Waals surface area contributed by atoms with Crippen molar-refractivity contribution >= 4 is 93.3 Å². The Labute approximate surface area is 441 Å². The molecule has 0 N–H and O–H groups in total. The average molecular weight is 1130 g/mol. The summed E-state index contributed by atoms with van der Waals surface area (Å²) in [5, 5.41) is 9.45. The molecule has 15 rings (SSSR count). The average Bonchev–Trinajstić information content (AvgIpc) is 4.17. The van der Waals surface area contributed by atoms with E-state index in [1.54, 1.807) is 0 Å². The molecule has 8 heteroatoms. The number of fused-ring (bicyclic) bond motifs is 12. The first kappa shape index (κ1) is 43.9. The monoisotopic (exact) mass is 1130 g/mol. The number of benzene rings is 10. The molecule has 14 aromatic rings. The predicted molar refractivity (Wildman–Crippen MR) is 300 cm³/mol. The second kappa shape index (κ2) is 17.1. The van der Waals surface area contributed by atoms with Gasteiger partial charge in [-0.2, -0.15) is 18.8 Å². The zero-order chi connectivity index (χ0) is 48.3. The molecule has 356 valence electrons. The molecule has 0 unspecified atom stereocenters. The molecule has 1 aliphatic heterocycles. The fraction of sp³-hybridized carbons (Fsp3) is 0.0303. The van der Waals surface area contributed by atoms with Crippen LogP contribution in [0.3, 0.4) is 0 Å². The third kappa shape index (κ3) is 6.59. The van der Waals surface area contributed by atoms with Crippen molar-refractivity contribution in [3.8, 4) is 39.8 Å². The third-order valence-corrected chi connectivity index (χ3v) is 14.8. The summed E-state index contributed by atoms with van der Waals surface area (Å²) in [7, 11) is 2.09. The minimum Gasteiger partial charge on any atom is -0.509 e. The fourth-order valence-corrected chi connectivity index (χ4v) is 11.7. The van der Waals surface area contributed by atoms with E-state index in [1.807, 2.05) is 18.2 Å². The van der Waals surface area contributed by atoms with Gasteiger partial charge >= 0.3 is 0 Å². The summed E-state index contributed by atoms with van der Waals surface area (Å²) < 4.78 is 13.8. The molecule has 0 aliphatic carbocycles. The van der Waals surface area contributed by atoms with Gasteiger partial charge in [0.15, 0.2) is 0 Å². The summed E-state index contributed by atoms with van der Waals surface area (Å²) in [6.07, 6.45) is 2.07. The Kier molecular flexibility index (Phi) is 10.1. The van der Waals surface area contributed by atoms with E-state index >= 15 is 0 Å². The number of pyridine rings is 1. The van der Waals surface area contributed by atoms with Crippen molar-refractivity contribution in [1.29, 1.82) is 0 Å². The van der Waals surface area contributed by atoms with Crippen LogP contribution in [0, 0.1) is 25.7 Å². The molecule has 1 aliphatic rings. The first-order valence-corrected chi connectivity index (χ1v) is 24.7. The quantitative estimate of drug-likeness (QED) is 0.149. The van der Waals surface area contributed by atoms with Gasteiger partial charge in [-0.1, -0.05) is 133 Å². The van der Waals surface area contributed by atoms with Gasteiger partial charge in [-0.05, 0) is 84.9 Å². The van der Waals surface area contributed by atoms with E-state index in [9.17, 15) is 0 Å². The van der Waals surface area contributed by atoms with Crippen LogP contribution < -0.4 is 14.5 Å². The fourth-order valence-electron chi connectivity index (χ4n) is 11.7. The summed E-state index contributed by atoms with van der Waals surface area (Å²) >= 11 is 0. The van der Waals surface area contributed by atoms with E-state index in [2.05, 4.69) is 257 Å². The van der Waals surface area contributed by atoms with E-state index in [-0.39, 0.29) is 21.1 Å². The van der Waals surface area contributed by atoms with Crippen LogP contribution in [0.25, 0.3) is 105 Å². The molecule has 4 aromatic heterocycles. The van der Waals surface area contributed by atoms with Crippen LogP contribution >= 0.6 is 0 Å². The Balaban J connectivity index is 0.00000505. The Bertz CT molecular complexity index is 4340. The van der Waals surface area contributed by atoms with Crippen molar-refractivity contribution < 1.29 is 25.8 Å². The molecule has 0 fully saturated rings. The van der Waals surface area contributed by atoms with Crippen molar-refractivity contribution in [3.05, 3.63) is 243 Å². The van der Waals surface area contributed by atoms with Gasteiger partial charge in [0.2, 0.25) is 0 Å². The molecule has 0 bridgehead atoms. The molecule has 7 nitrogen and oxygen atoms in total. The van der Waals surface area contributed by atoms with Gasteiger partial charge in [0.1, 0.15) is 5.82 Å². The molecule has 5 heterocycles. The molecular formula is C66H43N6OPt-3. The van der Waals surface area contributed by atoms with E-state index < -0.39 is 0 Å². The first-order valence-electron chi connectivity index (χ1n) is 24.7. The molecule has 0 saturated heterocycles. The Hall–Kier alpha value is -8.90. The Morgan fingerprint density at radius 3 is 1.57 bits per heavy atom. The van der Waals surface area contributed by atoms with Crippen LogP contribution in [0.1, 0.15) is 5.56 Å². The number of rotatable bonds is 7. The van der Waals surface area contributed by atoms with Gasteiger partial charge in [0.25, 0.3) is 0 Å². The number of hydrogen-bond donors (Lipinski definition) is 0. The molecule has 74 heavy (non-hydrogen) atoms. The maximum Gasteiger partial charge on any atom is 0.135 e. The summed E-state index contributed by atoms with van der Waals surface area (Å²) in [6, 6.07) is 82.7. The second-order valence-electron chi connectivity index (χ2n) is 19.0. The zero-order valence-electron chi connectivity index (χ0n) is 40.3. The largest absolute Gasteiger partial charge is 0.509 e. The standard InChI is InChI=1S/C66H43N6O.Pt/c1-42-37-64(72-59-30-14-9-25-52(59)53-35-34-46(39-63(53)72)73-45-19-15-18-44(38-45)69-41-68(2)66-47-20-4-3-17-43(47)33-36-62(66)69)67-40-54(42)65-60(70-55-26-10-5-21-48(55)49-22-6-11-27-56(49)70)31-16-32-61(65)71-57-28-12-7-23-50(57)51-24-8-13-29-58(51)71;/h3-37,40-41H,1-2H3;/q-3;. The predicted octanol–water partition coefficient (Wildman–Crippen LogP) is 16.6. The number of anilines is 3. The summed E-state index contributed by atoms with van der Waals surface area (Å²) in [6.45, 7) is 4.32. The van der Waals surface area contributed by atoms with Gasteiger partial charge < -0.3 is 28.2 Å². The Morgan fingerprint density at radius 1 is 0.459 bits per heavy atom. The van der Waals surface area contributed by atoms with E-state index in [0.717, 1.165) is 94.8 Å². The number of hydrogen-bond acceptors (Lipinski definition) is 4. The maximum atomic E-state index is 6.67. The van der Waals surface area contributed by atoms with Crippen molar-refractivity contribution in [1.82, 2.24) is 18.7 Å². The molecule has 0 saturated carbocycles. The molecule has 0 spiro atoms. The van der Waals surface area contributed by atoms with Crippen molar-refractivity contribution in [2.75, 3.05) is 16.8 Å². The second-order valence-corrected chi connectivity index (χ2v) is 19.0. The number of para-hydroxylation sites is 5. The number of nitrogens with zero attached hydrogens (tertiary/aromatic N) is 6. The van der Waals surface area contributed by atoms with Crippen LogP contribution in [0.15, 0.2) is 219 Å². The molecular weight excluding hydrogens is 1090 g/mol.